The molecule has 0 spiro atoms. The summed E-state index contributed by atoms with van der Waals surface area (Å²) in [5.74, 6) is -1.03. The summed E-state index contributed by atoms with van der Waals surface area (Å²) in [6, 6.07) is 13.6. The molecule has 0 saturated carbocycles. The molecule has 0 atom stereocenters. The number of thioether (sulfide) groups is 1. The fourth-order valence-electron chi connectivity index (χ4n) is 2.94. The van der Waals surface area contributed by atoms with E-state index in [0.717, 1.165) is 28.9 Å². The summed E-state index contributed by atoms with van der Waals surface area (Å²) in [5.41, 5.74) is 2.85. The first-order chi connectivity index (χ1) is 15.6. The minimum absolute atomic E-state index is 0.0974. The van der Waals surface area contributed by atoms with Gasteiger partial charge in [0.05, 0.1) is 21.7 Å². The molecule has 2 aromatic carbocycles. The molecule has 33 heavy (non-hydrogen) atoms. The number of nitrogens with one attached hydrogen (secondary N) is 1. The lowest BCUT2D eigenvalue weighted by molar-refractivity contribution is -0.137. The van der Waals surface area contributed by atoms with Crippen molar-refractivity contribution in [2.45, 2.75) is 6.18 Å². The second-order valence-electron chi connectivity index (χ2n) is 6.79. The standard InChI is InChI=1S/C22H13F3N2O4S2/c23-22(24,25)14-3-1-2-13(10-14)17-9-8-16(31-17)11-18-19(28)27(21(32)33-18)26-15-6-4-12(5-7-15)20(29)30/h1-11,26H,(H,29,30). The van der Waals surface area contributed by atoms with Crippen LogP contribution in [0, 0.1) is 0 Å². The summed E-state index contributed by atoms with van der Waals surface area (Å²) in [4.78, 5) is 24.0. The van der Waals surface area contributed by atoms with Gasteiger partial charge < -0.3 is 9.52 Å². The fourth-order valence-corrected chi connectivity index (χ4v) is 4.10. The number of furan rings is 1. The monoisotopic (exact) mass is 490 g/mol. The topological polar surface area (TPSA) is 82.8 Å². The van der Waals surface area contributed by atoms with Gasteiger partial charge in [-0.2, -0.15) is 13.2 Å². The van der Waals surface area contributed by atoms with E-state index in [9.17, 15) is 22.8 Å². The summed E-state index contributed by atoms with van der Waals surface area (Å²) < 4.78 is 44.7. The van der Waals surface area contributed by atoms with Crippen molar-refractivity contribution in [3.63, 3.8) is 0 Å². The van der Waals surface area contributed by atoms with Gasteiger partial charge in [-0.15, -0.1) is 0 Å². The second kappa shape index (κ2) is 8.75. The van der Waals surface area contributed by atoms with E-state index in [1.165, 1.54) is 48.5 Å². The van der Waals surface area contributed by atoms with Crippen LogP contribution in [0.15, 0.2) is 70.0 Å². The van der Waals surface area contributed by atoms with Crippen LogP contribution >= 0.6 is 24.0 Å². The Bertz CT molecular complexity index is 1280. The molecular formula is C22H13F3N2O4S2. The number of carboxylic acid groups (broad SMARTS) is 1. The average Bonchev–Trinajstić information content (AvgIpc) is 3.34. The zero-order valence-corrected chi connectivity index (χ0v) is 18.1. The summed E-state index contributed by atoms with van der Waals surface area (Å²) in [7, 11) is 0. The highest BCUT2D eigenvalue weighted by atomic mass is 32.2. The maximum atomic E-state index is 13.0. The van der Waals surface area contributed by atoms with Gasteiger partial charge in [-0.1, -0.05) is 23.9 Å². The molecule has 1 aliphatic rings. The van der Waals surface area contributed by atoms with Gasteiger partial charge in [-0.25, -0.2) is 9.80 Å². The number of nitrogens with zero attached hydrogens (tertiary/aromatic N) is 1. The van der Waals surface area contributed by atoms with E-state index >= 15 is 0 Å². The molecule has 1 saturated heterocycles. The van der Waals surface area contributed by atoms with Crippen molar-refractivity contribution in [1.82, 2.24) is 5.01 Å². The van der Waals surface area contributed by atoms with Crippen LogP contribution in [0.1, 0.15) is 21.7 Å². The van der Waals surface area contributed by atoms with Crippen LogP contribution in [0.2, 0.25) is 0 Å². The highest BCUT2D eigenvalue weighted by molar-refractivity contribution is 8.26. The summed E-state index contributed by atoms with van der Waals surface area (Å²) in [5, 5.41) is 10.1. The quantitative estimate of drug-likeness (QED) is 0.341. The maximum Gasteiger partial charge on any atom is 0.416 e. The summed E-state index contributed by atoms with van der Waals surface area (Å²) in [6.07, 6.45) is -3.02. The Labute approximate surface area is 194 Å². The molecule has 4 rings (SSSR count). The highest BCUT2D eigenvalue weighted by Gasteiger charge is 2.33. The van der Waals surface area contributed by atoms with Gasteiger partial charge in [0.2, 0.25) is 0 Å². The number of benzene rings is 2. The number of hydrogen-bond acceptors (Lipinski definition) is 6. The molecular weight excluding hydrogens is 477 g/mol. The Morgan fingerprint density at radius 2 is 1.85 bits per heavy atom. The van der Waals surface area contributed by atoms with Gasteiger partial charge in [-0.05, 0) is 60.7 Å². The molecule has 0 radical (unpaired) electrons. The molecule has 1 aliphatic heterocycles. The van der Waals surface area contributed by atoms with Crippen molar-refractivity contribution in [2.75, 3.05) is 5.43 Å². The van der Waals surface area contributed by atoms with Gasteiger partial charge >= 0.3 is 12.1 Å². The zero-order chi connectivity index (χ0) is 23.8. The lowest BCUT2D eigenvalue weighted by atomic mass is 10.1. The maximum absolute atomic E-state index is 13.0. The number of carbonyl (C=O) groups is 2. The number of carboxylic acids is 1. The first-order valence-corrected chi connectivity index (χ1v) is 10.5. The van der Waals surface area contributed by atoms with E-state index in [2.05, 4.69) is 5.43 Å². The lowest BCUT2D eigenvalue weighted by Crippen LogP contribution is -2.33. The third kappa shape index (κ3) is 4.94. The van der Waals surface area contributed by atoms with Gasteiger partial charge in [-0.3, -0.25) is 10.2 Å². The number of halogens is 3. The largest absolute Gasteiger partial charge is 0.478 e. The van der Waals surface area contributed by atoms with Crippen molar-refractivity contribution >= 4 is 51.9 Å². The Hall–Kier alpha value is -3.57. The zero-order valence-electron chi connectivity index (χ0n) is 16.4. The number of hydrazine groups is 1. The Balaban J connectivity index is 1.51. The predicted molar refractivity (Wildman–Crippen MR) is 121 cm³/mol. The minimum atomic E-state index is -4.47. The van der Waals surface area contributed by atoms with Gasteiger partial charge in [0.25, 0.3) is 5.91 Å². The number of rotatable bonds is 5. The van der Waals surface area contributed by atoms with Crippen molar-refractivity contribution < 1.29 is 32.3 Å². The van der Waals surface area contributed by atoms with Crippen LogP contribution in [-0.2, 0) is 11.0 Å². The van der Waals surface area contributed by atoms with Crippen LogP contribution in [0.3, 0.4) is 0 Å². The second-order valence-corrected chi connectivity index (χ2v) is 8.47. The van der Waals surface area contributed by atoms with Crippen molar-refractivity contribution in [2.24, 2.45) is 0 Å². The van der Waals surface area contributed by atoms with Crippen LogP contribution in [0.25, 0.3) is 17.4 Å². The predicted octanol–water partition coefficient (Wildman–Crippen LogP) is 5.89. The molecule has 2 heterocycles. The minimum Gasteiger partial charge on any atom is -0.478 e. The molecule has 1 aromatic heterocycles. The van der Waals surface area contributed by atoms with Crippen LogP contribution in [0.4, 0.5) is 18.9 Å². The first kappa shape index (κ1) is 22.6. The molecule has 0 unspecified atom stereocenters. The third-order valence-electron chi connectivity index (χ3n) is 4.54. The Morgan fingerprint density at radius 3 is 2.52 bits per heavy atom. The van der Waals surface area contributed by atoms with Gasteiger partial charge in [0, 0.05) is 11.6 Å². The molecule has 0 bridgehead atoms. The number of amides is 1. The third-order valence-corrected chi connectivity index (χ3v) is 5.84. The molecule has 0 aliphatic carbocycles. The highest BCUT2D eigenvalue weighted by Crippen LogP contribution is 2.35. The van der Waals surface area contributed by atoms with E-state index in [4.69, 9.17) is 21.7 Å². The van der Waals surface area contributed by atoms with E-state index < -0.39 is 23.6 Å². The number of hydrogen-bond donors (Lipinski definition) is 2. The normalized spacial score (nSPS) is 15.4. The fraction of sp³-hybridized carbons (Fsp3) is 0.0455. The van der Waals surface area contributed by atoms with Crippen LogP contribution in [-0.4, -0.2) is 26.3 Å². The van der Waals surface area contributed by atoms with Crippen LogP contribution < -0.4 is 5.43 Å². The molecule has 168 valence electrons. The smallest absolute Gasteiger partial charge is 0.416 e. The van der Waals surface area contributed by atoms with Crippen molar-refractivity contribution in [3.8, 4) is 11.3 Å². The van der Waals surface area contributed by atoms with Crippen molar-refractivity contribution in [1.29, 1.82) is 0 Å². The van der Waals surface area contributed by atoms with E-state index in [1.807, 2.05) is 0 Å². The van der Waals surface area contributed by atoms with Crippen LogP contribution in [0.5, 0.6) is 0 Å². The number of carbonyl (C=O) groups excluding carboxylic acids is 1. The SMILES string of the molecule is O=C(O)c1ccc(NN2C(=O)C(=Cc3ccc(-c4cccc(C(F)(F)F)c4)o3)SC2=S)cc1. The summed E-state index contributed by atoms with van der Waals surface area (Å²) in [6.45, 7) is 0. The molecule has 6 nitrogen and oxygen atoms in total. The van der Waals surface area contributed by atoms with Gasteiger partial charge in [0.15, 0.2) is 4.32 Å². The molecule has 2 N–H and O–H groups in total. The Kier molecular flexibility index (Phi) is 6.00. The lowest BCUT2D eigenvalue weighted by Gasteiger charge is -2.17. The Morgan fingerprint density at radius 1 is 1.12 bits per heavy atom. The van der Waals surface area contributed by atoms with E-state index in [-0.39, 0.29) is 31.9 Å². The number of aromatic carboxylic acids is 1. The molecule has 3 aromatic rings. The van der Waals surface area contributed by atoms with Crippen molar-refractivity contribution in [3.05, 3.63) is 82.5 Å². The molecule has 11 heteroatoms. The molecule has 1 fully saturated rings. The number of alkyl halides is 3. The first-order valence-electron chi connectivity index (χ1n) is 9.27. The number of thiocarbonyl (C=S) groups is 1. The number of anilines is 1. The average molecular weight is 490 g/mol. The summed E-state index contributed by atoms with van der Waals surface area (Å²) >= 11 is 6.26. The molecule has 1 amide bonds. The van der Waals surface area contributed by atoms with E-state index in [1.54, 1.807) is 6.07 Å². The van der Waals surface area contributed by atoms with E-state index in [0.29, 0.717) is 5.69 Å². The van der Waals surface area contributed by atoms with Gasteiger partial charge in [0.1, 0.15) is 11.5 Å².